The molecule has 0 unspecified atom stereocenters. The topological polar surface area (TPSA) is 23.5 Å². The zero-order valence-electron chi connectivity index (χ0n) is 11.3. The van der Waals surface area contributed by atoms with Crippen LogP contribution in [0.4, 0.5) is 0 Å². The Kier molecular flexibility index (Phi) is 5.29. The number of halogens is 2. The Bertz CT molecular complexity index is 440. The number of hydrogen-bond donors (Lipinski definition) is 1. The number of aliphatic hydroxyl groups excluding tert-OH is 1. The third kappa shape index (κ3) is 3.72. The first-order valence-corrected chi connectivity index (χ1v) is 8.02. The van der Waals surface area contributed by atoms with E-state index in [9.17, 15) is 0 Å². The van der Waals surface area contributed by atoms with Crippen molar-refractivity contribution in [2.24, 2.45) is 0 Å². The van der Waals surface area contributed by atoms with Crippen LogP contribution in [0.3, 0.4) is 0 Å². The summed E-state index contributed by atoms with van der Waals surface area (Å²) in [6.45, 7) is 4.59. The third-order valence-corrected chi connectivity index (χ3v) is 5.01. The second-order valence-electron chi connectivity index (χ2n) is 5.58. The fraction of sp³-hybridized carbons (Fsp3) is 0.600. The zero-order chi connectivity index (χ0) is 13.9. The third-order valence-electron chi connectivity index (χ3n) is 4.15. The molecule has 1 aromatic carbocycles. The van der Waals surface area contributed by atoms with Crippen molar-refractivity contribution in [2.45, 2.75) is 44.7 Å². The molecule has 0 aliphatic carbocycles. The molecule has 1 aromatic rings. The number of likely N-dealkylation sites (tertiary alicyclic amines) is 1. The van der Waals surface area contributed by atoms with Gasteiger partial charge in [-0.2, -0.15) is 0 Å². The van der Waals surface area contributed by atoms with Crippen molar-refractivity contribution in [1.29, 1.82) is 0 Å². The van der Waals surface area contributed by atoms with Crippen molar-refractivity contribution in [3.8, 4) is 0 Å². The molecule has 1 aliphatic heterocycles. The number of rotatable bonds is 5. The Hall–Kier alpha value is -0.0900. The summed E-state index contributed by atoms with van der Waals surface area (Å²) in [5, 5.41) is 9.88. The molecule has 0 aromatic heterocycles. The number of aliphatic hydroxyl groups is 1. The van der Waals surface area contributed by atoms with Crippen LogP contribution >= 0.6 is 27.5 Å². The maximum atomic E-state index is 9.05. The Morgan fingerprint density at radius 1 is 1.47 bits per heavy atom. The largest absolute Gasteiger partial charge is 0.396 e. The first-order valence-electron chi connectivity index (χ1n) is 6.85. The van der Waals surface area contributed by atoms with E-state index in [-0.39, 0.29) is 12.1 Å². The van der Waals surface area contributed by atoms with Gasteiger partial charge in [0.15, 0.2) is 0 Å². The minimum atomic E-state index is 0.203. The fourth-order valence-corrected chi connectivity index (χ4v) is 3.55. The quantitative estimate of drug-likeness (QED) is 0.862. The lowest BCUT2D eigenvalue weighted by atomic mass is 9.92. The van der Waals surface area contributed by atoms with Crippen LogP contribution in [0.15, 0.2) is 22.7 Å². The standard InChI is InChI=1S/C15H21BrClNO/c1-15(7-3-9-19)6-2-8-18(15)11-12-10-13(16)4-5-14(12)17/h4-5,10,19H,2-3,6-9,11H2,1H3/t15-/m1/s1. The summed E-state index contributed by atoms with van der Waals surface area (Å²) in [5.74, 6) is 0. The smallest absolute Gasteiger partial charge is 0.0451 e. The lowest BCUT2D eigenvalue weighted by Crippen LogP contribution is -2.40. The normalized spacial score (nSPS) is 24.0. The highest BCUT2D eigenvalue weighted by atomic mass is 79.9. The molecular formula is C15H21BrClNO. The van der Waals surface area contributed by atoms with Crippen molar-refractivity contribution in [2.75, 3.05) is 13.2 Å². The summed E-state index contributed by atoms with van der Waals surface area (Å²) in [6.07, 6.45) is 4.36. The van der Waals surface area contributed by atoms with Gasteiger partial charge in [0.2, 0.25) is 0 Å². The molecule has 0 radical (unpaired) electrons. The minimum absolute atomic E-state index is 0.203. The van der Waals surface area contributed by atoms with Gasteiger partial charge in [-0.05, 0) is 62.9 Å². The highest BCUT2D eigenvalue weighted by Gasteiger charge is 2.35. The molecule has 106 valence electrons. The van der Waals surface area contributed by atoms with Gasteiger partial charge in [-0.15, -0.1) is 0 Å². The fourth-order valence-electron chi connectivity index (χ4n) is 2.96. The van der Waals surface area contributed by atoms with Crippen LogP contribution in [0.2, 0.25) is 5.02 Å². The van der Waals surface area contributed by atoms with E-state index in [4.69, 9.17) is 16.7 Å². The van der Waals surface area contributed by atoms with Crippen LogP contribution in [0.25, 0.3) is 0 Å². The summed E-state index contributed by atoms with van der Waals surface area (Å²) < 4.78 is 1.07. The second-order valence-corrected chi connectivity index (χ2v) is 6.91. The van der Waals surface area contributed by atoms with E-state index in [2.05, 4.69) is 33.8 Å². The van der Waals surface area contributed by atoms with E-state index in [1.165, 1.54) is 18.4 Å². The molecule has 1 heterocycles. The van der Waals surface area contributed by atoms with Gasteiger partial charge in [0, 0.05) is 28.2 Å². The second kappa shape index (κ2) is 6.57. The molecule has 0 saturated carbocycles. The lowest BCUT2D eigenvalue weighted by Gasteiger charge is -2.35. The number of benzene rings is 1. The van der Waals surface area contributed by atoms with Gasteiger partial charge in [-0.1, -0.05) is 27.5 Å². The van der Waals surface area contributed by atoms with Crippen LogP contribution in [-0.2, 0) is 6.54 Å². The maximum Gasteiger partial charge on any atom is 0.0451 e. The molecule has 1 fully saturated rings. The van der Waals surface area contributed by atoms with E-state index in [0.29, 0.717) is 0 Å². The minimum Gasteiger partial charge on any atom is -0.396 e. The Balaban J connectivity index is 2.10. The highest BCUT2D eigenvalue weighted by molar-refractivity contribution is 9.10. The molecular weight excluding hydrogens is 326 g/mol. The van der Waals surface area contributed by atoms with Gasteiger partial charge < -0.3 is 5.11 Å². The highest BCUT2D eigenvalue weighted by Crippen LogP contribution is 2.35. The van der Waals surface area contributed by atoms with Crippen molar-refractivity contribution in [1.82, 2.24) is 4.90 Å². The van der Waals surface area contributed by atoms with E-state index in [1.54, 1.807) is 0 Å². The number of hydrogen-bond acceptors (Lipinski definition) is 2. The predicted molar refractivity (Wildman–Crippen MR) is 83.5 cm³/mol. The van der Waals surface area contributed by atoms with Crippen molar-refractivity contribution >= 4 is 27.5 Å². The van der Waals surface area contributed by atoms with Gasteiger partial charge in [-0.25, -0.2) is 0 Å². The summed E-state index contributed by atoms with van der Waals surface area (Å²) in [5.41, 5.74) is 1.38. The van der Waals surface area contributed by atoms with Crippen LogP contribution in [0, 0.1) is 0 Å². The van der Waals surface area contributed by atoms with Crippen LogP contribution in [-0.4, -0.2) is 28.7 Å². The Morgan fingerprint density at radius 2 is 2.26 bits per heavy atom. The van der Waals surface area contributed by atoms with E-state index in [0.717, 1.165) is 35.4 Å². The van der Waals surface area contributed by atoms with Crippen LogP contribution < -0.4 is 0 Å². The van der Waals surface area contributed by atoms with E-state index < -0.39 is 0 Å². The average molecular weight is 347 g/mol. The molecule has 2 nitrogen and oxygen atoms in total. The van der Waals surface area contributed by atoms with Crippen molar-refractivity contribution < 1.29 is 5.11 Å². The predicted octanol–water partition coefficient (Wildman–Crippen LogP) is 4.23. The van der Waals surface area contributed by atoms with Crippen molar-refractivity contribution in [3.05, 3.63) is 33.3 Å². The average Bonchev–Trinajstić information content (AvgIpc) is 2.74. The molecule has 4 heteroatoms. The summed E-state index contributed by atoms with van der Waals surface area (Å²) in [4.78, 5) is 2.51. The van der Waals surface area contributed by atoms with Gasteiger partial charge in [0.1, 0.15) is 0 Å². The van der Waals surface area contributed by atoms with Crippen LogP contribution in [0.1, 0.15) is 38.2 Å². The number of nitrogens with zero attached hydrogens (tertiary/aromatic N) is 1. The first-order chi connectivity index (χ1) is 9.05. The lowest BCUT2D eigenvalue weighted by molar-refractivity contribution is 0.125. The molecule has 1 aliphatic rings. The Labute approximate surface area is 128 Å². The van der Waals surface area contributed by atoms with Gasteiger partial charge >= 0.3 is 0 Å². The van der Waals surface area contributed by atoms with E-state index in [1.807, 2.05) is 12.1 Å². The molecule has 0 bridgehead atoms. The molecule has 2 rings (SSSR count). The SMILES string of the molecule is C[C@]1(CCCO)CCCN1Cc1cc(Br)ccc1Cl. The maximum absolute atomic E-state index is 9.05. The monoisotopic (exact) mass is 345 g/mol. The first kappa shape index (κ1) is 15.3. The summed E-state index contributed by atoms with van der Waals surface area (Å²) in [7, 11) is 0. The van der Waals surface area contributed by atoms with E-state index >= 15 is 0 Å². The van der Waals surface area contributed by atoms with Crippen molar-refractivity contribution in [3.63, 3.8) is 0 Å². The zero-order valence-corrected chi connectivity index (χ0v) is 13.7. The molecule has 1 atom stereocenters. The van der Waals surface area contributed by atoms with Gasteiger partial charge in [-0.3, -0.25) is 4.90 Å². The summed E-state index contributed by atoms with van der Waals surface area (Å²) >= 11 is 9.79. The molecule has 1 saturated heterocycles. The van der Waals surface area contributed by atoms with Crippen LogP contribution in [0.5, 0.6) is 0 Å². The molecule has 0 amide bonds. The summed E-state index contributed by atoms with van der Waals surface area (Å²) in [6, 6.07) is 6.02. The Morgan fingerprint density at radius 3 is 3.00 bits per heavy atom. The van der Waals surface area contributed by atoms with Gasteiger partial charge in [0.05, 0.1) is 0 Å². The van der Waals surface area contributed by atoms with Gasteiger partial charge in [0.25, 0.3) is 0 Å². The molecule has 1 N–H and O–H groups in total. The molecule has 0 spiro atoms. The molecule has 19 heavy (non-hydrogen) atoms.